The second-order valence-electron chi connectivity index (χ2n) is 2.92. The van der Waals surface area contributed by atoms with Crippen LogP contribution in [-0.2, 0) is 11.2 Å². The van der Waals surface area contributed by atoms with Crippen LogP contribution in [0.2, 0.25) is 5.02 Å². The van der Waals surface area contributed by atoms with Gasteiger partial charge >= 0.3 is 0 Å². The first kappa shape index (κ1) is 11.0. The molecule has 0 atom stereocenters. The lowest BCUT2D eigenvalue weighted by Gasteiger charge is -2.04. The van der Waals surface area contributed by atoms with E-state index in [-0.39, 0.29) is 12.4 Å². The second-order valence-corrected chi connectivity index (χ2v) is 3.33. The number of rotatable bonds is 5. The third-order valence-corrected chi connectivity index (χ3v) is 2.10. The van der Waals surface area contributed by atoms with Crippen molar-refractivity contribution < 1.29 is 4.74 Å². The summed E-state index contributed by atoms with van der Waals surface area (Å²) < 4.78 is 5.15. The molecule has 0 bridgehead atoms. The summed E-state index contributed by atoms with van der Waals surface area (Å²) >= 11 is 5.94. The molecule has 0 aromatic heterocycles. The van der Waals surface area contributed by atoms with Gasteiger partial charge in [-0.15, -0.1) is 0 Å². The van der Waals surface area contributed by atoms with E-state index in [0.29, 0.717) is 6.61 Å². The highest BCUT2D eigenvalue weighted by Crippen LogP contribution is 2.15. The van der Waals surface area contributed by atoms with E-state index in [1.165, 1.54) is 0 Å². The summed E-state index contributed by atoms with van der Waals surface area (Å²) in [4.78, 5) is 0. The number of hydrogen-bond donors (Lipinski definition) is 2. The normalized spacial score (nSPS) is 10.1. The number of nitrogens with one attached hydrogen (secondary N) is 1. The molecule has 0 saturated carbocycles. The van der Waals surface area contributed by atoms with Crippen LogP contribution in [0.3, 0.4) is 0 Å². The van der Waals surface area contributed by atoms with Crippen LogP contribution in [-0.4, -0.2) is 19.0 Å². The van der Waals surface area contributed by atoms with Gasteiger partial charge in [-0.3, -0.25) is 5.41 Å². The van der Waals surface area contributed by atoms with Crippen molar-refractivity contribution in [1.82, 2.24) is 0 Å². The monoisotopic (exact) mass is 212 g/mol. The van der Waals surface area contributed by atoms with E-state index in [1.807, 2.05) is 24.3 Å². The van der Waals surface area contributed by atoms with Crippen molar-refractivity contribution >= 4 is 17.4 Å². The molecule has 0 fully saturated rings. The van der Waals surface area contributed by atoms with Crippen LogP contribution in [0.15, 0.2) is 24.3 Å². The summed E-state index contributed by atoms with van der Waals surface area (Å²) in [6.45, 7) is 0.716. The molecule has 4 heteroatoms. The van der Waals surface area contributed by atoms with E-state index in [4.69, 9.17) is 27.5 Å². The first-order valence-corrected chi connectivity index (χ1v) is 4.72. The van der Waals surface area contributed by atoms with Gasteiger partial charge in [0.05, 0.1) is 6.61 Å². The van der Waals surface area contributed by atoms with Crippen molar-refractivity contribution in [2.24, 2.45) is 5.73 Å². The van der Waals surface area contributed by atoms with E-state index in [9.17, 15) is 0 Å². The predicted octanol–water partition coefficient (Wildman–Crippen LogP) is 1.84. The maximum atomic E-state index is 6.95. The number of halogens is 1. The highest BCUT2D eigenvalue weighted by atomic mass is 35.5. The van der Waals surface area contributed by atoms with Gasteiger partial charge < -0.3 is 10.5 Å². The van der Waals surface area contributed by atoms with E-state index in [2.05, 4.69) is 0 Å². The van der Waals surface area contributed by atoms with Crippen molar-refractivity contribution in [1.29, 1.82) is 5.41 Å². The third kappa shape index (κ3) is 3.77. The Morgan fingerprint density at radius 3 is 2.79 bits per heavy atom. The fourth-order valence-corrected chi connectivity index (χ4v) is 1.30. The van der Waals surface area contributed by atoms with Crippen molar-refractivity contribution in [2.45, 2.75) is 6.42 Å². The number of hydrogen-bond acceptors (Lipinski definition) is 2. The molecular weight excluding hydrogens is 200 g/mol. The number of benzene rings is 1. The molecule has 0 amide bonds. The van der Waals surface area contributed by atoms with Gasteiger partial charge in [-0.25, -0.2) is 0 Å². The smallest absolute Gasteiger partial charge is 0.117 e. The maximum absolute atomic E-state index is 6.95. The molecule has 0 spiro atoms. The number of ether oxygens (including phenoxy) is 1. The molecular formula is C10H13ClN2O. The quantitative estimate of drug-likeness (QED) is 0.445. The van der Waals surface area contributed by atoms with Gasteiger partial charge in [0.25, 0.3) is 0 Å². The topological polar surface area (TPSA) is 59.1 Å². The highest BCUT2D eigenvalue weighted by molar-refractivity contribution is 6.31. The average molecular weight is 213 g/mol. The van der Waals surface area contributed by atoms with Crippen LogP contribution in [0, 0.1) is 5.41 Å². The highest BCUT2D eigenvalue weighted by Gasteiger charge is 1.98. The molecule has 1 rings (SSSR count). The maximum Gasteiger partial charge on any atom is 0.117 e. The zero-order chi connectivity index (χ0) is 10.4. The Balaban J connectivity index is 2.31. The average Bonchev–Trinajstić information content (AvgIpc) is 2.15. The molecule has 1 aromatic rings. The molecule has 0 aliphatic carbocycles. The Bertz CT molecular complexity index is 315. The first-order valence-electron chi connectivity index (χ1n) is 4.34. The SMILES string of the molecule is N=C(N)COCCc1ccccc1Cl. The zero-order valence-corrected chi connectivity index (χ0v) is 8.55. The third-order valence-electron chi connectivity index (χ3n) is 1.73. The Hall–Kier alpha value is -1.06. The van der Waals surface area contributed by atoms with Crippen LogP contribution in [0.25, 0.3) is 0 Å². The Morgan fingerprint density at radius 1 is 1.43 bits per heavy atom. The summed E-state index contributed by atoms with van der Waals surface area (Å²) in [5, 5.41) is 7.70. The van der Waals surface area contributed by atoms with E-state index >= 15 is 0 Å². The van der Waals surface area contributed by atoms with Crippen molar-refractivity contribution in [3.63, 3.8) is 0 Å². The molecule has 1 aromatic carbocycles. The minimum absolute atomic E-state index is 0.0455. The van der Waals surface area contributed by atoms with E-state index in [1.54, 1.807) is 0 Å². The van der Waals surface area contributed by atoms with E-state index in [0.717, 1.165) is 17.0 Å². The van der Waals surface area contributed by atoms with Crippen LogP contribution >= 0.6 is 11.6 Å². The predicted molar refractivity (Wildman–Crippen MR) is 57.9 cm³/mol. The van der Waals surface area contributed by atoms with Crippen molar-refractivity contribution in [3.8, 4) is 0 Å². The largest absolute Gasteiger partial charge is 0.386 e. The molecule has 76 valence electrons. The fourth-order valence-electron chi connectivity index (χ4n) is 1.07. The van der Waals surface area contributed by atoms with Gasteiger partial charge in [-0.05, 0) is 18.1 Å². The molecule has 0 heterocycles. The van der Waals surface area contributed by atoms with Gasteiger partial charge in [-0.1, -0.05) is 29.8 Å². The Morgan fingerprint density at radius 2 is 2.14 bits per heavy atom. The summed E-state index contributed by atoms with van der Waals surface area (Å²) in [6, 6.07) is 7.63. The van der Waals surface area contributed by atoms with Crippen molar-refractivity contribution in [2.75, 3.05) is 13.2 Å². The zero-order valence-electron chi connectivity index (χ0n) is 7.79. The van der Waals surface area contributed by atoms with Gasteiger partial charge in [-0.2, -0.15) is 0 Å². The summed E-state index contributed by atoms with van der Waals surface area (Å²) in [5.41, 5.74) is 6.19. The summed E-state index contributed by atoms with van der Waals surface area (Å²) in [5.74, 6) is 0.0455. The van der Waals surface area contributed by atoms with Crippen LogP contribution in [0.1, 0.15) is 5.56 Å². The molecule has 14 heavy (non-hydrogen) atoms. The lowest BCUT2D eigenvalue weighted by Crippen LogP contribution is -2.18. The number of nitrogens with two attached hydrogens (primary N) is 1. The standard InChI is InChI=1S/C10H13ClN2O/c11-9-4-2-1-3-8(9)5-6-14-7-10(12)13/h1-4H,5-7H2,(H3,12,13). The van der Waals surface area contributed by atoms with Crippen LogP contribution in [0.4, 0.5) is 0 Å². The lowest BCUT2D eigenvalue weighted by atomic mass is 10.2. The molecule has 0 unspecified atom stereocenters. The van der Waals surface area contributed by atoms with Gasteiger partial charge in [0.15, 0.2) is 0 Å². The van der Waals surface area contributed by atoms with Gasteiger partial charge in [0.2, 0.25) is 0 Å². The number of amidine groups is 1. The van der Waals surface area contributed by atoms with Crippen LogP contribution < -0.4 is 5.73 Å². The summed E-state index contributed by atoms with van der Waals surface area (Å²) in [6.07, 6.45) is 0.743. The molecule has 0 radical (unpaired) electrons. The molecule has 3 N–H and O–H groups in total. The molecule has 0 aliphatic heterocycles. The van der Waals surface area contributed by atoms with Crippen molar-refractivity contribution in [3.05, 3.63) is 34.9 Å². The van der Waals surface area contributed by atoms with Gasteiger partial charge in [0, 0.05) is 5.02 Å². The summed E-state index contributed by atoms with van der Waals surface area (Å²) in [7, 11) is 0. The molecule has 0 saturated heterocycles. The minimum atomic E-state index is 0.0455. The Kier molecular flexibility index (Phi) is 4.43. The molecule has 0 aliphatic rings. The lowest BCUT2D eigenvalue weighted by molar-refractivity contribution is 0.174. The van der Waals surface area contributed by atoms with Crippen LogP contribution in [0.5, 0.6) is 0 Å². The van der Waals surface area contributed by atoms with Gasteiger partial charge in [0.1, 0.15) is 12.4 Å². The minimum Gasteiger partial charge on any atom is -0.386 e. The Labute approximate surface area is 88.3 Å². The second kappa shape index (κ2) is 5.62. The van der Waals surface area contributed by atoms with E-state index < -0.39 is 0 Å². The fraction of sp³-hybridized carbons (Fsp3) is 0.300. The first-order chi connectivity index (χ1) is 6.70. The molecule has 3 nitrogen and oxygen atoms in total.